The normalized spacial score (nSPS) is 10.6. The Balaban J connectivity index is 2.05. The number of halogens is 1. The van der Waals surface area contributed by atoms with Crippen molar-refractivity contribution < 1.29 is 0 Å². The van der Waals surface area contributed by atoms with E-state index in [9.17, 15) is 4.79 Å². The maximum absolute atomic E-state index is 11.7. The van der Waals surface area contributed by atoms with Gasteiger partial charge in [0.25, 0.3) is 0 Å². The van der Waals surface area contributed by atoms with Gasteiger partial charge in [-0.05, 0) is 16.5 Å². The zero-order valence-corrected chi connectivity index (χ0v) is 12.7. The highest BCUT2D eigenvalue weighted by Crippen LogP contribution is 2.19. The van der Waals surface area contributed by atoms with Crippen LogP contribution in [-0.4, -0.2) is 20.5 Å². The maximum atomic E-state index is 11.7. The smallest absolute Gasteiger partial charge is 0.270 e. The summed E-state index contributed by atoms with van der Waals surface area (Å²) in [6.45, 7) is 4.39. The lowest BCUT2D eigenvalue weighted by atomic mass is 10.1. The summed E-state index contributed by atoms with van der Waals surface area (Å²) in [5.74, 6) is 0.690. The molecule has 0 unspecified atom stereocenters. The van der Waals surface area contributed by atoms with Crippen molar-refractivity contribution in [2.45, 2.75) is 18.1 Å². The summed E-state index contributed by atoms with van der Waals surface area (Å²) in [7, 11) is 0. The third-order valence-corrected chi connectivity index (χ3v) is 4.26. The van der Waals surface area contributed by atoms with Gasteiger partial charge in [-0.3, -0.25) is 4.57 Å². The number of nitrogens with zero attached hydrogens (tertiary/aromatic N) is 2. The number of benzene rings is 1. The first kappa shape index (κ1) is 14.1. The molecule has 19 heavy (non-hydrogen) atoms. The summed E-state index contributed by atoms with van der Waals surface area (Å²) in [4.78, 5) is 11.7. The molecule has 6 heteroatoms. The Hall–Kier alpha value is -1.27. The van der Waals surface area contributed by atoms with Gasteiger partial charge >= 0.3 is 5.69 Å². The molecule has 100 valence electrons. The fourth-order valence-electron chi connectivity index (χ4n) is 1.64. The van der Waals surface area contributed by atoms with Crippen LogP contribution >= 0.6 is 27.7 Å². The molecule has 0 aliphatic carbocycles. The Morgan fingerprint density at radius 3 is 2.84 bits per heavy atom. The van der Waals surface area contributed by atoms with Crippen molar-refractivity contribution in [3.8, 4) is 0 Å². The number of thioether (sulfide) groups is 1. The Bertz CT molecular complexity index is 606. The van der Waals surface area contributed by atoms with Gasteiger partial charge in [0.2, 0.25) is 0 Å². The van der Waals surface area contributed by atoms with E-state index in [-0.39, 0.29) is 5.69 Å². The molecule has 1 heterocycles. The van der Waals surface area contributed by atoms with Crippen LogP contribution in [0.2, 0.25) is 0 Å². The second kappa shape index (κ2) is 6.77. The molecule has 0 amide bonds. The van der Waals surface area contributed by atoms with Gasteiger partial charge in [0.05, 0.1) is 0 Å². The number of aromatic nitrogens is 3. The van der Waals surface area contributed by atoms with Crippen molar-refractivity contribution in [3.05, 3.63) is 57.4 Å². The number of H-pyrrole nitrogens is 1. The van der Waals surface area contributed by atoms with E-state index in [1.807, 2.05) is 18.2 Å². The number of aryl methyl sites for hydroxylation is 1. The second-order valence-corrected chi connectivity index (χ2v) is 6.07. The number of nitrogens with one attached hydrogen (secondary N) is 1. The van der Waals surface area contributed by atoms with E-state index >= 15 is 0 Å². The van der Waals surface area contributed by atoms with E-state index < -0.39 is 0 Å². The molecule has 2 aromatic rings. The SMILES string of the molecule is C=C(Br)CSc1n[nH]c(=O)n1CCc1ccccc1. The molecule has 1 aromatic heterocycles. The predicted octanol–water partition coefficient (Wildman–Crippen LogP) is 2.81. The highest BCUT2D eigenvalue weighted by molar-refractivity contribution is 9.11. The van der Waals surface area contributed by atoms with E-state index in [1.54, 1.807) is 4.57 Å². The minimum atomic E-state index is -0.168. The lowest BCUT2D eigenvalue weighted by Crippen LogP contribution is -2.18. The Morgan fingerprint density at radius 2 is 2.16 bits per heavy atom. The van der Waals surface area contributed by atoms with Gasteiger partial charge in [0, 0.05) is 12.3 Å². The second-order valence-electron chi connectivity index (χ2n) is 4.00. The average molecular weight is 340 g/mol. The van der Waals surface area contributed by atoms with E-state index in [1.165, 1.54) is 17.3 Å². The highest BCUT2D eigenvalue weighted by Gasteiger charge is 2.08. The van der Waals surface area contributed by atoms with Crippen LogP contribution in [0.25, 0.3) is 0 Å². The van der Waals surface area contributed by atoms with Crippen molar-refractivity contribution in [1.29, 1.82) is 0 Å². The molecular weight excluding hydrogens is 326 g/mol. The van der Waals surface area contributed by atoms with E-state index in [0.29, 0.717) is 17.5 Å². The first-order valence-corrected chi connectivity index (χ1v) is 7.60. The van der Waals surface area contributed by atoms with Crippen molar-refractivity contribution in [3.63, 3.8) is 0 Å². The molecule has 0 bridgehead atoms. The summed E-state index contributed by atoms with van der Waals surface area (Å²) < 4.78 is 2.54. The lowest BCUT2D eigenvalue weighted by Gasteiger charge is -2.05. The largest absolute Gasteiger partial charge is 0.343 e. The summed E-state index contributed by atoms with van der Waals surface area (Å²) in [6, 6.07) is 10.1. The monoisotopic (exact) mass is 339 g/mol. The van der Waals surface area contributed by atoms with E-state index in [4.69, 9.17) is 0 Å². The van der Waals surface area contributed by atoms with Crippen molar-refractivity contribution in [1.82, 2.24) is 14.8 Å². The van der Waals surface area contributed by atoms with Gasteiger partial charge in [0.1, 0.15) is 0 Å². The fraction of sp³-hybridized carbons (Fsp3) is 0.231. The van der Waals surface area contributed by atoms with Crippen LogP contribution in [-0.2, 0) is 13.0 Å². The van der Waals surface area contributed by atoms with Gasteiger partial charge < -0.3 is 0 Å². The van der Waals surface area contributed by atoms with Gasteiger partial charge in [-0.1, -0.05) is 64.6 Å². The maximum Gasteiger partial charge on any atom is 0.343 e. The number of aromatic amines is 1. The van der Waals surface area contributed by atoms with Crippen LogP contribution < -0.4 is 5.69 Å². The molecule has 0 spiro atoms. The summed E-state index contributed by atoms with van der Waals surface area (Å²) >= 11 is 4.78. The molecule has 0 fully saturated rings. The minimum Gasteiger partial charge on any atom is -0.270 e. The molecule has 4 nitrogen and oxygen atoms in total. The summed E-state index contributed by atoms with van der Waals surface area (Å²) in [5.41, 5.74) is 1.04. The fourth-order valence-corrected chi connectivity index (χ4v) is 2.71. The molecular formula is C13H14BrN3OS. The van der Waals surface area contributed by atoms with Crippen LogP contribution in [0.3, 0.4) is 0 Å². The number of rotatable bonds is 6. The van der Waals surface area contributed by atoms with Crippen LogP contribution in [0, 0.1) is 0 Å². The zero-order chi connectivity index (χ0) is 13.7. The third-order valence-electron chi connectivity index (χ3n) is 2.55. The van der Waals surface area contributed by atoms with Gasteiger partial charge in [-0.25, -0.2) is 9.89 Å². The molecule has 2 rings (SSSR count). The van der Waals surface area contributed by atoms with Crippen LogP contribution in [0.1, 0.15) is 5.56 Å². The molecule has 0 saturated carbocycles. The van der Waals surface area contributed by atoms with Gasteiger partial charge in [-0.2, -0.15) is 0 Å². The topological polar surface area (TPSA) is 50.7 Å². The van der Waals surface area contributed by atoms with Crippen molar-refractivity contribution in [2.24, 2.45) is 0 Å². The number of hydrogen-bond donors (Lipinski definition) is 1. The molecule has 0 aliphatic heterocycles. The number of hydrogen-bond acceptors (Lipinski definition) is 3. The molecule has 0 radical (unpaired) electrons. The summed E-state index contributed by atoms with van der Waals surface area (Å²) in [6.07, 6.45) is 0.809. The summed E-state index contributed by atoms with van der Waals surface area (Å²) in [5, 5.41) is 7.21. The Labute approximate surface area is 124 Å². The van der Waals surface area contributed by atoms with Crippen molar-refractivity contribution >= 4 is 27.7 Å². The van der Waals surface area contributed by atoms with E-state index in [2.05, 4.69) is 44.8 Å². The minimum absolute atomic E-state index is 0.168. The average Bonchev–Trinajstić information content (AvgIpc) is 2.76. The van der Waals surface area contributed by atoms with Crippen LogP contribution in [0.4, 0.5) is 0 Å². The van der Waals surface area contributed by atoms with Crippen molar-refractivity contribution in [2.75, 3.05) is 5.75 Å². The third kappa shape index (κ3) is 4.11. The van der Waals surface area contributed by atoms with E-state index in [0.717, 1.165) is 10.9 Å². The first-order valence-electron chi connectivity index (χ1n) is 5.82. The first-order chi connectivity index (χ1) is 9.16. The molecule has 0 aliphatic rings. The zero-order valence-electron chi connectivity index (χ0n) is 10.3. The predicted molar refractivity (Wildman–Crippen MR) is 81.8 cm³/mol. The standard InChI is InChI=1S/C13H14BrN3OS/c1-10(14)9-19-13-16-15-12(18)17(13)8-7-11-5-3-2-4-6-11/h2-6H,1,7-9H2,(H,15,18). The molecule has 0 saturated heterocycles. The quantitative estimate of drug-likeness (QED) is 0.823. The van der Waals surface area contributed by atoms with Crippen LogP contribution in [0.15, 0.2) is 51.3 Å². The highest BCUT2D eigenvalue weighted by atomic mass is 79.9. The molecule has 0 atom stereocenters. The van der Waals surface area contributed by atoms with Gasteiger partial charge in [0.15, 0.2) is 5.16 Å². The lowest BCUT2D eigenvalue weighted by molar-refractivity contribution is 0.616. The molecule has 1 aromatic carbocycles. The Kier molecular flexibility index (Phi) is 5.04. The van der Waals surface area contributed by atoms with Gasteiger partial charge in [-0.15, -0.1) is 5.10 Å². The Morgan fingerprint density at radius 1 is 1.42 bits per heavy atom. The molecule has 1 N–H and O–H groups in total. The van der Waals surface area contributed by atoms with Crippen LogP contribution in [0.5, 0.6) is 0 Å².